The van der Waals surface area contributed by atoms with Crippen LogP contribution in [0.15, 0.2) is 40.9 Å². The third-order valence-corrected chi connectivity index (χ3v) is 8.01. The Morgan fingerprint density at radius 1 is 1.20 bits per heavy atom. The zero-order chi connectivity index (χ0) is 28.4. The molecule has 2 aromatic heterocycles. The standard InChI is InChI=1S/C26H23ClF4N4O4S/c1-37-19-5-6-21(26(29,30)31)33-24(19)38-12-22(36)35-9-7-14(8-10-35)25-32-18(13-40-25)17-11-20(39-34-17)23-15(27)3-2-4-16(23)28/h2-6,13-14,20H,7-12H2,1H3. The third kappa shape index (κ3) is 5.99. The highest BCUT2D eigenvalue weighted by molar-refractivity contribution is 7.10. The van der Waals surface area contributed by atoms with Gasteiger partial charge in [0, 0.05) is 36.4 Å². The second kappa shape index (κ2) is 11.6. The first-order chi connectivity index (χ1) is 19.1. The molecule has 0 bridgehead atoms. The molecule has 1 unspecified atom stereocenters. The largest absolute Gasteiger partial charge is 0.491 e. The van der Waals surface area contributed by atoms with Crippen molar-refractivity contribution < 1.29 is 36.7 Å². The number of aromatic nitrogens is 2. The van der Waals surface area contributed by atoms with Crippen LogP contribution >= 0.6 is 22.9 Å². The Balaban J connectivity index is 1.14. The average molecular weight is 599 g/mol. The van der Waals surface area contributed by atoms with Gasteiger partial charge in [0.25, 0.3) is 11.8 Å². The maximum Gasteiger partial charge on any atom is 0.433 e. The van der Waals surface area contributed by atoms with Crippen LogP contribution in [0.2, 0.25) is 5.02 Å². The summed E-state index contributed by atoms with van der Waals surface area (Å²) in [5.74, 6) is -1.10. The second-order valence-corrected chi connectivity index (χ2v) is 10.5. The van der Waals surface area contributed by atoms with Crippen LogP contribution in [0.3, 0.4) is 0 Å². The number of halogens is 5. The number of nitrogens with zero attached hydrogens (tertiary/aromatic N) is 4. The van der Waals surface area contributed by atoms with E-state index in [4.69, 9.17) is 30.9 Å². The Bertz CT molecular complexity index is 1410. The Morgan fingerprint density at radius 2 is 1.98 bits per heavy atom. The average Bonchev–Trinajstić information content (AvgIpc) is 3.61. The van der Waals surface area contributed by atoms with Crippen molar-refractivity contribution in [1.82, 2.24) is 14.9 Å². The van der Waals surface area contributed by atoms with Crippen LogP contribution in [0.4, 0.5) is 17.6 Å². The monoisotopic (exact) mass is 598 g/mol. The number of alkyl halides is 3. The molecule has 1 atom stereocenters. The van der Waals surface area contributed by atoms with E-state index in [1.54, 1.807) is 11.0 Å². The molecule has 3 aromatic rings. The number of pyridine rings is 1. The van der Waals surface area contributed by atoms with E-state index >= 15 is 0 Å². The van der Waals surface area contributed by atoms with Crippen molar-refractivity contribution in [3.05, 3.63) is 68.5 Å². The first kappa shape index (κ1) is 28.1. The minimum Gasteiger partial charge on any atom is -0.491 e. The fourth-order valence-electron chi connectivity index (χ4n) is 4.55. The fourth-order valence-corrected chi connectivity index (χ4v) is 5.84. The molecule has 1 aromatic carbocycles. The summed E-state index contributed by atoms with van der Waals surface area (Å²) < 4.78 is 63.6. The van der Waals surface area contributed by atoms with Gasteiger partial charge < -0.3 is 19.2 Å². The number of hydrogen-bond acceptors (Lipinski definition) is 8. The molecule has 1 fully saturated rings. The zero-order valence-electron chi connectivity index (χ0n) is 21.1. The molecule has 5 rings (SSSR count). The molecule has 1 amide bonds. The van der Waals surface area contributed by atoms with E-state index < -0.39 is 36.3 Å². The van der Waals surface area contributed by atoms with Gasteiger partial charge >= 0.3 is 6.18 Å². The number of methoxy groups -OCH3 is 1. The van der Waals surface area contributed by atoms with Crippen molar-refractivity contribution >= 4 is 34.6 Å². The number of piperidine rings is 1. The summed E-state index contributed by atoms with van der Waals surface area (Å²) in [6.45, 7) is 0.406. The molecule has 0 radical (unpaired) electrons. The van der Waals surface area contributed by atoms with Crippen LogP contribution < -0.4 is 9.47 Å². The highest BCUT2D eigenvalue weighted by Crippen LogP contribution is 2.37. The van der Waals surface area contributed by atoms with Gasteiger partial charge in [-0.05, 0) is 37.1 Å². The SMILES string of the molecule is COc1ccc(C(F)(F)F)nc1OCC(=O)N1CCC(c2nc(C3=NOC(c4c(F)cccc4Cl)C3)cs2)CC1. The predicted molar refractivity (Wildman–Crippen MR) is 138 cm³/mol. The van der Waals surface area contributed by atoms with Gasteiger partial charge in [0.1, 0.15) is 17.2 Å². The molecule has 14 heteroatoms. The van der Waals surface area contributed by atoms with E-state index in [0.29, 0.717) is 43.8 Å². The van der Waals surface area contributed by atoms with Crippen LogP contribution in [0.25, 0.3) is 0 Å². The van der Waals surface area contributed by atoms with Gasteiger partial charge in [-0.1, -0.05) is 22.8 Å². The van der Waals surface area contributed by atoms with Crippen molar-refractivity contribution in [1.29, 1.82) is 0 Å². The molecular weight excluding hydrogens is 576 g/mol. The number of rotatable bonds is 7. The first-order valence-electron chi connectivity index (χ1n) is 12.3. The van der Waals surface area contributed by atoms with Crippen molar-refractivity contribution in [3.8, 4) is 11.6 Å². The van der Waals surface area contributed by atoms with E-state index in [1.807, 2.05) is 5.38 Å². The summed E-state index contributed by atoms with van der Waals surface area (Å²) in [4.78, 5) is 27.9. The molecule has 2 aliphatic rings. The number of amides is 1. The number of likely N-dealkylation sites (tertiary alicyclic amines) is 1. The normalized spacial score (nSPS) is 17.9. The molecule has 40 heavy (non-hydrogen) atoms. The lowest BCUT2D eigenvalue weighted by molar-refractivity contribution is -0.141. The summed E-state index contributed by atoms with van der Waals surface area (Å²) in [5, 5.41) is 7.16. The highest BCUT2D eigenvalue weighted by atomic mass is 35.5. The number of benzene rings is 1. The lowest BCUT2D eigenvalue weighted by Crippen LogP contribution is -2.40. The number of hydrogen-bond donors (Lipinski definition) is 0. The minimum atomic E-state index is -4.65. The maximum atomic E-state index is 14.3. The van der Waals surface area contributed by atoms with Crippen molar-refractivity contribution in [2.24, 2.45) is 5.16 Å². The van der Waals surface area contributed by atoms with Crippen molar-refractivity contribution in [2.75, 3.05) is 26.8 Å². The molecule has 2 aliphatic heterocycles. The molecule has 8 nitrogen and oxygen atoms in total. The molecular formula is C26H23ClF4N4O4S. The fraction of sp³-hybridized carbons (Fsp3) is 0.385. The summed E-state index contributed by atoms with van der Waals surface area (Å²) in [6, 6.07) is 6.34. The van der Waals surface area contributed by atoms with Crippen molar-refractivity contribution in [3.63, 3.8) is 0 Å². The molecule has 0 N–H and O–H groups in total. The highest BCUT2D eigenvalue weighted by Gasteiger charge is 2.34. The summed E-state index contributed by atoms with van der Waals surface area (Å²) >= 11 is 7.64. The Labute approximate surface area is 235 Å². The third-order valence-electron chi connectivity index (χ3n) is 6.67. The number of ether oxygens (including phenoxy) is 2. The summed E-state index contributed by atoms with van der Waals surface area (Å²) in [7, 11) is 1.27. The molecule has 212 valence electrons. The van der Waals surface area contributed by atoms with Gasteiger partial charge in [-0.2, -0.15) is 13.2 Å². The van der Waals surface area contributed by atoms with Crippen LogP contribution in [0.1, 0.15) is 53.2 Å². The quantitative estimate of drug-likeness (QED) is 0.310. The van der Waals surface area contributed by atoms with Crippen LogP contribution in [0, 0.1) is 5.82 Å². The van der Waals surface area contributed by atoms with E-state index in [1.165, 1.54) is 30.6 Å². The topological polar surface area (TPSA) is 86.1 Å². The first-order valence-corrected chi connectivity index (χ1v) is 13.5. The summed E-state index contributed by atoms with van der Waals surface area (Å²) in [5.41, 5.74) is 0.391. The molecule has 0 saturated carbocycles. The zero-order valence-corrected chi connectivity index (χ0v) is 22.7. The van der Waals surface area contributed by atoms with Gasteiger partial charge in [0.05, 0.1) is 22.8 Å². The Hall–Kier alpha value is -3.45. The lowest BCUT2D eigenvalue weighted by atomic mass is 9.97. The molecule has 0 spiro atoms. The smallest absolute Gasteiger partial charge is 0.433 e. The van der Waals surface area contributed by atoms with Crippen LogP contribution in [-0.4, -0.2) is 53.3 Å². The predicted octanol–water partition coefficient (Wildman–Crippen LogP) is 6.01. The molecule has 4 heterocycles. The van der Waals surface area contributed by atoms with Gasteiger partial charge in [0.15, 0.2) is 18.5 Å². The van der Waals surface area contributed by atoms with E-state index in [2.05, 4.69) is 10.1 Å². The van der Waals surface area contributed by atoms with Crippen LogP contribution in [0.5, 0.6) is 11.6 Å². The number of oxime groups is 1. The minimum absolute atomic E-state index is 0.000305. The van der Waals surface area contributed by atoms with E-state index in [0.717, 1.165) is 17.1 Å². The Morgan fingerprint density at radius 3 is 2.67 bits per heavy atom. The van der Waals surface area contributed by atoms with Crippen molar-refractivity contribution in [2.45, 2.75) is 37.5 Å². The van der Waals surface area contributed by atoms with Gasteiger partial charge in [-0.25, -0.2) is 14.4 Å². The van der Waals surface area contributed by atoms with Gasteiger partial charge in [0.2, 0.25) is 0 Å². The maximum absolute atomic E-state index is 14.3. The lowest BCUT2D eigenvalue weighted by Gasteiger charge is -2.31. The van der Waals surface area contributed by atoms with Gasteiger partial charge in [-0.3, -0.25) is 4.79 Å². The number of thiazole rings is 1. The number of carbonyl (C=O) groups excluding carboxylic acids is 1. The van der Waals surface area contributed by atoms with E-state index in [-0.39, 0.29) is 28.2 Å². The number of carbonyl (C=O) groups is 1. The molecule has 1 saturated heterocycles. The second-order valence-electron chi connectivity index (χ2n) is 9.19. The summed E-state index contributed by atoms with van der Waals surface area (Å²) in [6.07, 6.45) is -3.64. The Kier molecular flexibility index (Phi) is 8.13. The van der Waals surface area contributed by atoms with Crippen LogP contribution in [-0.2, 0) is 15.8 Å². The van der Waals surface area contributed by atoms with E-state index in [9.17, 15) is 22.4 Å². The molecule has 0 aliphatic carbocycles. The van der Waals surface area contributed by atoms with Gasteiger partial charge in [-0.15, -0.1) is 11.3 Å².